The molecular formula is C23H25N7O2. The minimum Gasteiger partial charge on any atom is -0.349 e. The van der Waals surface area contributed by atoms with E-state index in [0.29, 0.717) is 42.0 Å². The predicted molar refractivity (Wildman–Crippen MR) is 121 cm³/mol. The van der Waals surface area contributed by atoms with Gasteiger partial charge < -0.3 is 9.88 Å². The maximum absolute atomic E-state index is 13.2. The third-order valence-corrected chi connectivity index (χ3v) is 5.73. The zero-order valence-corrected chi connectivity index (χ0v) is 18.1. The van der Waals surface area contributed by atoms with Gasteiger partial charge in [-0.2, -0.15) is 0 Å². The van der Waals surface area contributed by atoms with Crippen molar-refractivity contribution in [2.24, 2.45) is 0 Å². The summed E-state index contributed by atoms with van der Waals surface area (Å²) < 4.78 is 1.95. The highest BCUT2D eigenvalue weighted by atomic mass is 16.2. The zero-order valence-electron chi connectivity index (χ0n) is 18.1. The van der Waals surface area contributed by atoms with Crippen molar-refractivity contribution in [2.45, 2.75) is 38.8 Å². The first-order chi connectivity index (χ1) is 15.5. The Labute approximate surface area is 186 Å². The van der Waals surface area contributed by atoms with Crippen molar-refractivity contribution >= 4 is 23.4 Å². The number of hydrogen-bond acceptors (Lipinski definition) is 5. The number of nitrogens with one attached hydrogen (secondary N) is 1. The van der Waals surface area contributed by atoms with Gasteiger partial charge in [-0.15, -0.1) is 10.2 Å². The molecule has 9 nitrogen and oxygen atoms in total. The summed E-state index contributed by atoms with van der Waals surface area (Å²) in [5.41, 5.74) is 2.04. The number of carbonyl (C=O) groups is 2. The van der Waals surface area contributed by atoms with E-state index >= 15 is 0 Å². The second-order valence-corrected chi connectivity index (χ2v) is 8.42. The molecule has 2 aromatic heterocycles. The molecule has 1 saturated carbocycles. The zero-order chi connectivity index (χ0) is 22.2. The molecule has 0 unspecified atom stereocenters. The highest BCUT2D eigenvalue weighted by molar-refractivity contribution is 6.06. The summed E-state index contributed by atoms with van der Waals surface area (Å²) in [6.45, 7) is 5.18. The summed E-state index contributed by atoms with van der Waals surface area (Å²) in [5, 5.41) is 11.2. The van der Waals surface area contributed by atoms with Crippen LogP contribution in [0.15, 0.2) is 48.8 Å². The van der Waals surface area contributed by atoms with E-state index in [9.17, 15) is 9.59 Å². The first-order valence-electron chi connectivity index (χ1n) is 10.9. The van der Waals surface area contributed by atoms with Crippen molar-refractivity contribution in [1.82, 2.24) is 25.1 Å². The number of hydrogen-bond donors (Lipinski definition) is 1. The molecular weight excluding hydrogens is 406 g/mol. The molecule has 164 valence electrons. The van der Waals surface area contributed by atoms with E-state index in [-0.39, 0.29) is 18.0 Å². The van der Waals surface area contributed by atoms with Gasteiger partial charge in [0.15, 0.2) is 5.82 Å². The second kappa shape index (κ2) is 8.07. The van der Waals surface area contributed by atoms with Gasteiger partial charge >= 0.3 is 6.03 Å². The van der Waals surface area contributed by atoms with Crippen LogP contribution in [0.25, 0.3) is 11.5 Å². The Bertz CT molecular complexity index is 1150. The second-order valence-electron chi connectivity index (χ2n) is 8.42. The summed E-state index contributed by atoms with van der Waals surface area (Å²) in [6.07, 6.45) is 3.78. The number of rotatable bonds is 6. The van der Waals surface area contributed by atoms with E-state index in [1.165, 1.54) is 0 Å². The third kappa shape index (κ3) is 3.81. The Balaban J connectivity index is 1.33. The SMILES string of the molecule is CC(C)n1cnnc1-c1cccc(N2CCN(c3ccc(C(=O)NC4CC4)cc3)C2=O)n1. The minimum absolute atomic E-state index is 0.0660. The van der Waals surface area contributed by atoms with Crippen molar-refractivity contribution in [3.63, 3.8) is 0 Å². The lowest BCUT2D eigenvalue weighted by atomic mass is 10.2. The molecule has 1 N–H and O–H groups in total. The molecule has 1 aliphatic carbocycles. The summed E-state index contributed by atoms with van der Waals surface area (Å²) in [6, 6.07) is 13.1. The third-order valence-electron chi connectivity index (χ3n) is 5.73. The first kappa shape index (κ1) is 20.2. The molecule has 3 aromatic rings. The molecule has 0 radical (unpaired) electrons. The summed E-state index contributed by atoms with van der Waals surface area (Å²) in [5.74, 6) is 1.18. The standard InChI is InChI=1S/C23H25N7O2/c1-15(2)30-14-24-27-21(30)19-4-3-5-20(26-19)29-13-12-28(23(29)32)18-10-6-16(7-11-18)22(31)25-17-8-9-17/h3-7,10-11,14-15,17H,8-9,12-13H2,1-2H3,(H,25,31). The average Bonchev–Trinajstić information content (AvgIpc) is 3.32. The molecule has 32 heavy (non-hydrogen) atoms. The predicted octanol–water partition coefficient (Wildman–Crippen LogP) is 3.26. The van der Waals surface area contributed by atoms with Crippen LogP contribution in [0.1, 0.15) is 43.1 Å². The van der Waals surface area contributed by atoms with Crippen LogP contribution in [-0.4, -0.2) is 50.8 Å². The lowest BCUT2D eigenvalue weighted by molar-refractivity contribution is 0.0951. The molecule has 0 bridgehead atoms. The van der Waals surface area contributed by atoms with Crippen LogP contribution < -0.4 is 15.1 Å². The molecule has 3 heterocycles. The van der Waals surface area contributed by atoms with Crippen LogP contribution >= 0.6 is 0 Å². The largest absolute Gasteiger partial charge is 0.349 e. The molecule has 0 spiro atoms. The number of anilines is 2. The Kier molecular flexibility index (Phi) is 5.08. The maximum Gasteiger partial charge on any atom is 0.330 e. The maximum atomic E-state index is 13.2. The normalized spacial score (nSPS) is 16.2. The van der Waals surface area contributed by atoms with Gasteiger partial charge in [-0.05, 0) is 63.1 Å². The molecule has 3 amide bonds. The monoisotopic (exact) mass is 431 g/mol. The Hall–Kier alpha value is -3.75. The van der Waals surface area contributed by atoms with Crippen molar-refractivity contribution in [3.8, 4) is 11.5 Å². The van der Waals surface area contributed by atoms with Gasteiger partial charge in [-0.25, -0.2) is 9.78 Å². The summed E-state index contributed by atoms with van der Waals surface area (Å²) >= 11 is 0. The number of aromatic nitrogens is 4. The van der Waals surface area contributed by atoms with Crippen LogP contribution in [-0.2, 0) is 0 Å². The molecule has 0 atom stereocenters. The molecule has 9 heteroatoms. The molecule has 2 aliphatic rings. The minimum atomic E-state index is -0.143. The van der Waals surface area contributed by atoms with E-state index < -0.39 is 0 Å². The number of pyridine rings is 1. The van der Waals surface area contributed by atoms with Crippen LogP contribution in [0, 0.1) is 0 Å². The molecule has 1 saturated heterocycles. The topological polar surface area (TPSA) is 96.3 Å². The fourth-order valence-corrected chi connectivity index (χ4v) is 3.78. The molecule has 1 aliphatic heterocycles. The van der Waals surface area contributed by atoms with Crippen LogP contribution in [0.2, 0.25) is 0 Å². The number of urea groups is 1. The van der Waals surface area contributed by atoms with E-state index in [1.54, 1.807) is 28.3 Å². The van der Waals surface area contributed by atoms with E-state index in [0.717, 1.165) is 18.5 Å². The highest BCUT2D eigenvalue weighted by Gasteiger charge is 2.32. The van der Waals surface area contributed by atoms with E-state index in [4.69, 9.17) is 4.98 Å². The Morgan fingerprint density at radius 3 is 2.53 bits per heavy atom. The smallest absolute Gasteiger partial charge is 0.330 e. The van der Waals surface area contributed by atoms with Gasteiger partial charge in [-0.3, -0.25) is 14.6 Å². The fraction of sp³-hybridized carbons (Fsp3) is 0.348. The van der Waals surface area contributed by atoms with Gasteiger partial charge in [0.25, 0.3) is 5.91 Å². The number of amides is 3. The molecule has 5 rings (SSSR count). The average molecular weight is 432 g/mol. The van der Waals surface area contributed by atoms with Crippen molar-refractivity contribution < 1.29 is 9.59 Å². The quantitative estimate of drug-likeness (QED) is 0.646. The van der Waals surface area contributed by atoms with Crippen molar-refractivity contribution in [3.05, 3.63) is 54.4 Å². The lowest BCUT2D eigenvalue weighted by Crippen LogP contribution is -2.32. The van der Waals surface area contributed by atoms with Gasteiger partial charge in [-0.1, -0.05) is 6.07 Å². The van der Waals surface area contributed by atoms with E-state index in [1.807, 2.05) is 34.9 Å². The Morgan fingerprint density at radius 1 is 1.06 bits per heavy atom. The van der Waals surface area contributed by atoms with Crippen molar-refractivity contribution in [2.75, 3.05) is 22.9 Å². The number of benzene rings is 1. The number of carbonyl (C=O) groups excluding carboxylic acids is 2. The van der Waals surface area contributed by atoms with E-state index in [2.05, 4.69) is 29.4 Å². The van der Waals surface area contributed by atoms with Gasteiger partial charge in [0.1, 0.15) is 17.8 Å². The van der Waals surface area contributed by atoms with Crippen LogP contribution in [0.4, 0.5) is 16.3 Å². The van der Waals surface area contributed by atoms with Crippen LogP contribution in [0.5, 0.6) is 0 Å². The van der Waals surface area contributed by atoms with Gasteiger partial charge in [0, 0.05) is 36.4 Å². The van der Waals surface area contributed by atoms with Crippen molar-refractivity contribution in [1.29, 1.82) is 0 Å². The summed E-state index contributed by atoms with van der Waals surface area (Å²) in [7, 11) is 0. The number of nitrogens with zero attached hydrogens (tertiary/aromatic N) is 6. The summed E-state index contributed by atoms with van der Waals surface area (Å²) in [4.78, 5) is 33.4. The van der Waals surface area contributed by atoms with Crippen LogP contribution in [0.3, 0.4) is 0 Å². The lowest BCUT2D eigenvalue weighted by Gasteiger charge is -2.19. The highest BCUT2D eigenvalue weighted by Crippen LogP contribution is 2.27. The fourth-order valence-electron chi connectivity index (χ4n) is 3.78. The first-order valence-corrected chi connectivity index (χ1v) is 10.9. The Morgan fingerprint density at radius 2 is 1.81 bits per heavy atom. The molecule has 2 fully saturated rings. The molecule has 1 aromatic carbocycles. The van der Waals surface area contributed by atoms with Gasteiger partial charge in [0.05, 0.1) is 0 Å². The van der Waals surface area contributed by atoms with Gasteiger partial charge in [0.2, 0.25) is 0 Å².